The molecule has 2 aliphatic carbocycles. The summed E-state index contributed by atoms with van der Waals surface area (Å²) in [4.78, 5) is 18.3. The summed E-state index contributed by atoms with van der Waals surface area (Å²) < 4.78 is 10.6. The smallest absolute Gasteiger partial charge is 0.256 e. The Hall–Kier alpha value is -2.19. The van der Waals surface area contributed by atoms with Crippen LogP contribution in [0.25, 0.3) is 0 Å². The fourth-order valence-corrected chi connectivity index (χ4v) is 6.44. The highest BCUT2D eigenvalue weighted by Crippen LogP contribution is 2.54. The molecule has 0 bridgehead atoms. The highest BCUT2D eigenvalue weighted by Gasteiger charge is 2.61. The topological polar surface area (TPSA) is 95.0 Å². The third kappa shape index (κ3) is 3.61. The van der Waals surface area contributed by atoms with Gasteiger partial charge in [-0.25, -0.2) is 0 Å². The van der Waals surface area contributed by atoms with Crippen molar-refractivity contribution < 1.29 is 19.7 Å². The van der Waals surface area contributed by atoms with E-state index in [2.05, 4.69) is 35.9 Å². The average molecular weight is 469 g/mol. The Morgan fingerprint density at radius 2 is 2.00 bits per heavy atom. The van der Waals surface area contributed by atoms with Crippen LogP contribution in [0.15, 0.2) is 29.1 Å². The highest BCUT2D eigenvalue weighted by molar-refractivity contribution is 5.48. The van der Waals surface area contributed by atoms with Gasteiger partial charge in [0, 0.05) is 43.6 Å². The molecule has 0 radical (unpaired) electrons. The van der Waals surface area contributed by atoms with Crippen molar-refractivity contribution in [3.63, 3.8) is 0 Å². The quantitative estimate of drug-likeness (QED) is 0.564. The van der Waals surface area contributed by atoms with Gasteiger partial charge in [-0.3, -0.25) is 9.69 Å². The third-order valence-corrected chi connectivity index (χ3v) is 8.72. The fraction of sp³-hybridized carbons (Fsp3) is 0.593. The lowest BCUT2D eigenvalue weighted by Crippen LogP contribution is -2.71. The Morgan fingerprint density at radius 1 is 1.24 bits per heavy atom. The predicted molar refractivity (Wildman–Crippen MR) is 129 cm³/mol. The van der Waals surface area contributed by atoms with Gasteiger partial charge in [0.25, 0.3) is 5.56 Å². The maximum atomic E-state index is 12.8. The van der Waals surface area contributed by atoms with Crippen LogP contribution in [-0.2, 0) is 23.0 Å². The summed E-state index contributed by atoms with van der Waals surface area (Å²) in [6.07, 6.45) is 2.94. The molecule has 1 saturated carbocycles. The minimum absolute atomic E-state index is 0.0664. The Bertz CT molecular complexity index is 1140. The van der Waals surface area contributed by atoms with Gasteiger partial charge in [0.1, 0.15) is 5.75 Å². The van der Waals surface area contributed by atoms with Gasteiger partial charge in [0.15, 0.2) is 6.29 Å². The Labute approximate surface area is 200 Å². The number of methoxy groups -OCH3 is 2. The van der Waals surface area contributed by atoms with Crippen LogP contribution >= 0.6 is 0 Å². The molecular formula is C27H36N2O5. The number of aliphatic hydroxyl groups is 2. The summed E-state index contributed by atoms with van der Waals surface area (Å²) in [7, 11) is 3.03. The number of benzene rings is 1. The Balaban J connectivity index is 1.67. The molecule has 0 amide bonds. The number of aliphatic hydroxyl groups excluding tert-OH is 1. The van der Waals surface area contributed by atoms with Gasteiger partial charge in [-0.1, -0.05) is 6.07 Å². The van der Waals surface area contributed by atoms with E-state index < -0.39 is 17.3 Å². The van der Waals surface area contributed by atoms with E-state index in [-0.39, 0.29) is 17.2 Å². The molecule has 0 spiro atoms. The third-order valence-electron chi connectivity index (χ3n) is 8.72. The summed E-state index contributed by atoms with van der Waals surface area (Å²) in [5, 5.41) is 22.9. The number of piperidine rings is 1. The van der Waals surface area contributed by atoms with Crippen molar-refractivity contribution in [2.75, 3.05) is 27.3 Å². The zero-order valence-corrected chi connectivity index (χ0v) is 20.6. The number of H-pyrrole nitrogens is 1. The molecule has 7 nitrogen and oxygen atoms in total. The van der Waals surface area contributed by atoms with E-state index in [1.165, 1.54) is 20.0 Å². The molecule has 3 aliphatic rings. The number of likely N-dealkylation sites (tertiary alicyclic amines) is 1. The van der Waals surface area contributed by atoms with E-state index in [1.54, 1.807) is 13.2 Å². The van der Waals surface area contributed by atoms with E-state index >= 15 is 0 Å². The molecule has 1 saturated heterocycles. The van der Waals surface area contributed by atoms with Gasteiger partial charge < -0.3 is 24.7 Å². The first kappa shape index (κ1) is 23.5. The van der Waals surface area contributed by atoms with Crippen LogP contribution in [0.3, 0.4) is 0 Å². The first-order valence-electron chi connectivity index (χ1n) is 12.3. The van der Waals surface area contributed by atoms with Crippen LogP contribution in [0.4, 0.5) is 0 Å². The number of fused-ring (bicyclic) bond motifs is 2. The SMILES string of the molecule is COc1ccc(C)c([C@]23CCN(CC4CC4)[C@H](C)[C@]2(O)Cc2cc(C(O)OC)c(=O)[nH]c2C3)c1. The van der Waals surface area contributed by atoms with Gasteiger partial charge >= 0.3 is 0 Å². The van der Waals surface area contributed by atoms with E-state index in [0.717, 1.165) is 53.6 Å². The van der Waals surface area contributed by atoms with Crippen molar-refractivity contribution in [1.29, 1.82) is 0 Å². The van der Waals surface area contributed by atoms with Crippen LogP contribution in [0.5, 0.6) is 5.75 Å². The number of pyridine rings is 1. The van der Waals surface area contributed by atoms with Crippen molar-refractivity contribution in [3.8, 4) is 5.75 Å². The number of aromatic nitrogens is 1. The first-order chi connectivity index (χ1) is 16.2. The normalized spacial score (nSPS) is 29.9. The van der Waals surface area contributed by atoms with Gasteiger partial charge in [-0.2, -0.15) is 0 Å². The molecule has 5 rings (SSSR count). The zero-order chi connectivity index (χ0) is 24.3. The van der Waals surface area contributed by atoms with Gasteiger partial charge in [-0.05, 0) is 80.5 Å². The lowest BCUT2D eigenvalue weighted by Gasteiger charge is -2.60. The molecule has 1 unspecified atom stereocenters. The minimum atomic E-state index is -1.30. The van der Waals surface area contributed by atoms with E-state index in [0.29, 0.717) is 12.8 Å². The predicted octanol–water partition coefficient (Wildman–Crippen LogP) is 2.60. The number of ether oxygens (including phenoxy) is 2. The molecular weight excluding hydrogens is 432 g/mol. The summed E-state index contributed by atoms with van der Waals surface area (Å²) in [6, 6.07) is 7.73. The molecule has 7 heteroatoms. The number of rotatable bonds is 6. The second kappa shape index (κ2) is 8.48. The lowest BCUT2D eigenvalue weighted by molar-refractivity contribution is -0.140. The standard InChI is InChI=1S/C27H36N2O5/c1-16-5-8-20(33-3)12-22(16)26-9-10-29(15-18-6-7-18)17(2)27(26,32)13-19-11-21(25(31)34-4)24(30)28-23(19)14-26/h5,8,11-12,17-18,25,31-32H,6-7,9-10,13-15H2,1-4H3,(H,28,30)/t17-,25?,26-,27-/m1/s1. The van der Waals surface area contributed by atoms with E-state index in [1.807, 2.05) is 6.07 Å². The van der Waals surface area contributed by atoms with Crippen LogP contribution < -0.4 is 10.3 Å². The van der Waals surface area contributed by atoms with Crippen molar-refractivity contribution in [3.05, 3.63) is 62.6 Å². The van der Waals surface area contributed by atoms with Gasteiger partial charge in [0.05, 0.1) is 18.3 Å². The first-order valence-corrected chi connectivity index (χ1v) is 12.3. The van der Waals surface area contributed by atoms with Crippen molar-refractivity contribution in [2.24, 2.45) is 5.92 Å². The van der Waals surface area contributed by atoms with Crippen molar-refractivity contribution >= 4 is 0 Å². The maximum Gasteiger partial charge on any atom is 0.256 e. The Morgan fingerprint density at radius 3 is 2.68 bits per heavy atom. The number of nitrogens with zero attached hydrogens (tertiary/aromatic N) is 1. The average Bonchev–Trinajstić information content (AvgIpc) is 3.64. The molecule has 34 heavy (non-hydrogen) atoms. The molecule has 1 aromatic carbocycles. The summed E-state index contributed by atoms with van der Waals surface area (Å²) >= 11 is 0. The number of hydrogen-bond acceptors (Lipinski definition) is 6. The monoisotopic (exact) mass is 468 g/mol. The van der Waals surface area contributed by atoms with E-state index in [4.69, 9.17) is 9.47 Å². The molecule has 4 atom stereocenters. The highest BCUT2D eigenvalue weighted by atomic mass is 16.6. The number of nitrogens with one attached hydrogen (secondary N) is 1. The van der Waals surface area contributed by atoms with Gasteiger partial charge in [-0.15, -0.1) is 0 Å². The fourth-order valence-electron chi connectivity index (χ4n) is 6.44. The molecule has 184 valence electrons. The largest absolute Gasteiger partial charge is 0.497 e. The maximum absolute atomic E-state index is 12.8. The van der Waals surface area contributed by atoms with Crippen LogP contribution in [-0.4, -0.2) is 59.0 Å². The van der Waals surface area contributed by atoms with Crippen molar-refractivity contribution in [2.45, 2.75) is 69.3 Å². The molecule has 3 N–H and O–H groups in total. The number of aromatic amines is 1. The summed E-state index contributed by atoms with van der Waals surface area (Å²) in [5.41, 5.74) is 2.08. The molecule has 2 aromatic rings. The second-order valence-electron chi connectivity index (χ2n) is 10.6. The number of aryl methyl sites for hydroxylation is 1. The number of hydrogen-bond donors (Lipinski definition) is 3. The van der Waals surface area contributed by atoms with Crippen molar-refractivity contribution in [1.82, 2.24) is 9.88 Å². The zero-order valence-electron chi connectivity index (χ0n) is 20.6. The summed E-state index contributed by atoms with van der Waals surface area (Å²) in [6.45, 7) is 6.15. The molecule has 1 aromatic heterocycles. The Kier molecular flexibility index (Phi) is 5.88. The minimum Gasteiger partial charge on any atom is -0.497 e. The van der Waals surface area contributed by atoms with E-state index in [9.17, 15) is 15.0 Å². The molecule has 2 fully saturated rings. The summed E-state index contributed by atoms with van der Waals surface area (Å²) in [5.74, 6) is 1.50. The van der Waals surface area contributed by atoms with Gasteiger partial charge in [0.2, 0.25) is 0 Å². The van der Waals surface area contributed by atoms with Crippen LogP contribution in [0, 0.1) is 12.8 Å². The second-order valence-corrected chi connectivity index (χ2v) is 10.6. The van der Waals surface area contributed by atoms with Crippen LogP contribution in [0.1, 0.15) is 60.4 Å². The molecule has 1 aliphatic heterocycles. The van der Waals surface area contributed by atoms with Crippen LogP contribution in [0.2, 0.25) is 0 Å². The molecule has 2 heterocycles. The lowest BCUT2D eigenvalue weighted by atomic mass is 9.53.